The summed E-state index contributed by atoms with van der Waals surface area (Å²) in [5.74, 6) is 0. The Hall–Kier alpha value is -8.40. The van der Waals surface area contributed by atoms with Gasteiger partial charge in [-0.3, -0.25) is 0 Å². The van der Waals surface area contributed by atoms with Crippen LogP contribution < -0.4 is 4.90 Å². The van der Waals surface area contributed by atoms with Crippen molar-refractivity contribution in [3.63, 3.8) is 0 Å². The fourth-order valence-electron chi connectivity index (χ4n) is 16.0. The van der Waals surface area contributed by atoms with Crippen LogP contribution in [0.15, 0.2) is 185 Å². The van der Waals surface area contributed by atoms with Crippen molar-refractivity contribution in [1.29, 1.82) is 0 Å². The number of furan rings is 2. The molecule has 2 aromatic heterocycles. The smallest absolute Gasteiger partial charge is 0.143 e. The minimum Gasteiger partial charge on any atom is -0.456 e. The zero-order valence-electron chi connectivity index (χ0n) is 46.0. The maximum Gasteiger partial charge on any atom is 0.143 e. The van der Waals surface area contributed by atoms with Gasteiger partial charge in [0.15, 0.2) is 0 Å². The van der Waals surface area contributed by atoms with Crippen molar-refractivity contribution in [2.24, 2.45) is 0 Å². The van der Waals surface area contributed by atoms with Crippen LogP contribution in [0.3, 0.4) is 0 Å². The minimum atomic E-state index is -0.277. The summed E-state index contributed by atoms with van der Waals surface area (Å²) >= 11 is 0. The monoisotopic (exact) mass is 1010 g/mol. The Balaban J connectivity index is 0.830. The van der Waals surface area contributed by atoms with Crippen LogP contribution >= 0.6 is 0 Å². The molecule has 78 heavy (non-hydrogen) atoms. The number of fused-ring (bicyclic) bond motifs is 23. The maximum atomic E-state index is 6.78. The second-order valence-corrected chi connectivity index (χ2v) is 26.0. The summed E-state index contributed by atoms with van der Waals surface area (Å²) in [7, 11) is 0. The molecular formula is C75H59NO2. The van der Waals surface area contributed by atoms with Crippen LogP contribution in [-0.2, 0) is 27.1 Å². The molecule has 0 fully saturated rings. The molecule has 376 valence electrons. The third kappa shape index (κ3) is 5.31. The Labute approximate surface area is 455 Å². The Morgan fingerprint density at radius 3 is 1.28 bits per heavy atom. The SMILES string of the molecule is CC1(C)c2ccccc2-c2ccc(N(c3ccc4c(c3)C(C)(C)c3cc5c(cc3-4)C(C)(C)c3ccc4c(oc6ccccc64)c3-5)c3ccc4c(c3)C(C)(C)c3cc5c(cc3-4)C(C)(C)c3ccc4oc6ccccc6c4c3-5)cc21. The van der Waals surface area contributed by atoms with Crippen LogP contribution in [0.2, 0.25) is 0 Å². The molecule has 5 aliphatic rings. The Morgan fingerprint density at radius 2 is 0.679 bits per heavy atom. The van der Waals surface area contributed by atoms with E-state index < -0.39 is 0 Å². The first-order chi connectivity index (χ1) is 37.4. The van der Waals surface area contributed by atoms with Crippen LogP contribution in [0.25, 0.3) is 99.5 Å². The third-order valence-corrected chi connectivity index (χ3v) is 20.3. The molecule has 17 rings (SSSR count). The molecule has 5 aliphatic carbocycles. The summed E-state index contributed by atoms with van der Waals surface area (Å²) in [6.07, 6.45) is 0. The lowest BCUT2D eigenvalue weighted by atomic mass is 9.79. The number of nitrogens with zero attached hydrogens (tertiary/aromatic N) is 1. The van der Waals surface area contributed by atoms with Gasteiger partial charge in [-0.05, 0) is 185 Å². The molecule has 0 N–H and O–H groups in total. The minimum absolute atomic E-state index is 0.154. The van der Waals surface area contributed by atoms with E-state index >= 15 is 0 Å². The molecule has 0 amide bonds. The molecule has 12 aromatic rings. The molecular weight excluding hydrogens is 947 g/mol. The standard InChI is InChI=1S/C75H59NO2/c1-71(2)54-20-14-11-17-43(54)44-26-23-40(33-57(44)71)76(41-24-27-45-50-36-62-52(38-60(50)74(7,8)58(45)34-41)67-55(72(62,3)4)31-32-66-69(67)49-19-13-16-22-65(49)77-66)42-25-28-46-51-37-63-53(39-61(51)75(9,10)59(46)35-42)68-56(73(63,5)6)30-29-48-47-18-12-15-21-64(47)78-70(48)68/h11-39H,1-10H3. The Morgan fingerprint density at radius 1 is 0.269 bits per heavy atom. The van der Waals surface area contributed by atoms with E-state index in [1.165, 1.54) is 133 Å². The van der Waals surface area contributed by atoms with E-state index in [0.29, 0.717) is 0 Å². The topological polar surface area (TPSA) is 29.5 Å². The van der Waals surface area contributed by atoms with Gasteiger partial charge in [-0.1, -0.05) is 166 Å². The van der Waals surface area contributed by atoms with Crippen molar-refractivity contribution in [1.82, 2.24) is 0 Å². The summed E-state index contributed by atoms with van der Waals surface area (Å²) in [5.41, 5.74) is 33.0. The largest absolute Gasteiger partial charge is 0.456 e. The first-order valence-corrected chi connectivity index (χ1v) is 28.1. The van der Waals surface area contributed by atoms with Crippen molar-refractivity contribution in [3.8, 4) is 55.6 Å². The van der Waals surface area contributed by atoms with Crippen LogP contribution in [0.4, 0.5) is 17.1 Å². The number of rotatable bonds is 3. The highest BCUT2D eigenvalue weighted by atomic mass is 16.3. The Bertz CT molecular complexity index is 4770. The molecule has 3 heteroatoms. The highest BCUT2D eigenvalue weighted by molar-refractivity contribution is 6.16. The fourth-order valence-corrected chi connectivity index (χ4v) is 16.0. The lowest BCUT2D eigenvalue weighted by Crippen LogP contribution is -2.19. The number of benzene rings is 10. The third-order valence-electron chi connectivity index (χ3n) is 20.3. The van der Waals surface area contributed by atoms with Crippen molar-refractivity contribution in [2.75, 3.05) is 4.90 Å². The molecule has 0 bridgehead atoms. The van der Waals surface area contributed by atoms with Gasteiger partial charge in [-0.2, -0.15) is 0 Å². The molecule has 0 saturated heterocycles. The molecule has 0 aliphatic heterocycles. The number of anilines is 3. The van der Waals surface area contributed by atoms with Gasteiger partial charge in [0.25, 0.3) is 0 Å². The van der Waals surface area contributed by atoms with E-state index in [1.54, 1.807) is 0 Å². The summed E-state index contributed by atoms with van der Waals surface area (Å²) < 4.78 is 13.3. The van der Waals surface area contributed by atoms with E-state index in [1.807, 2.05) is 0 Å². The highest BCUT2D eigenvalue weighted by Crippen LogP contribution is 2.62. The van der Waals surface area contributed by atoms with E-state index in [0.717, 1.165) is 39.4 Å². The number of para-hydroxylation sites is 2. The van der Waals surface area contributed by atoms with Gasteiger partial charge in [-0.25, -0.2) is 0 Å². The van der Waals surface area contributed by atoms with Gasteiger partial charge in [0.1, 0.15) is 22.3 Å². The van der Waals surface area contributed by atoms with Crippen molar-refractivity contribution in [2.45, 2.75) is 96.3 Å². The first kappa shape index (κ1) is 44.7. The maximum absolute atomic E-state index is 6.78. The molecule has 0 saturated carbocycles. The fraction of sp³-hybridized carbons (Fsp3) is 0.200. The lowest BCUT2D eigenvalue weighted by molar-refractivity contribution is 0.649. The van der Waals surface area contributed by atoms with Crippen LogP contribution in [0.1, 0.15) is 125 Å². The average Bonchev–Trinajstić information content (AvgIpc) is 4.40. The van der Waals surface area contributed by atoms with E-state index in [2.05, 4.69) is 250 Å². The number of hydrogen-bond donors (Lipinski definition) is 0. The summed E-state index contributed by atoms with van der Waals surface area (Å²) in [5, 5.41) is 4.76. The van der Waals surface area contributed by atoms with Crippen LogP contribution in [0, 0.1) is 0 Å². The van der Waals surface area contributed by atoms with Crippen LogP contribution in [-0.4, -0.2) is 0 Å². The Kier molecular flexibility index (Phi) is 8.14. The summed E-state index contributed by atoms with van der Waals surface area (Å²) in [4.78, 5) is 2.55. The molecule has 0 spiro atoms. The second kappa shape index (κ2) is 14.2. The normalized spacial score (nSPS) is 17.1. The molecule has 0 radical (unpaired) electrons. The average molecular weight is 1010 g/mol. The molecule has 3 nitrogen and oxygen atoms in total. The van der Waals surface area contributed by atoms with Gasteiger partial charge in [0, 0.05) is 71.2 Å². The molecule has 10 aromatic carbocycles. The summed E-state index contributed by atoms with van der Waals surface area (Å²) in [6.45, 7) is 24.1. The van der Waals surface area contributed by atoms with Gasteiger partial charge in [0.05, 0.1) is 0 Å². The van der Waals surface area contributed by atoms with Gasteiger partial charge in [-0.15, -0.1) is 0 Å². The first-order valence-electron chi connectivity index (χ1n) is 28.1. The van der Waals surface area contributed by atoms with Crippen LogP contribution in [0.5, 0.6) is 0 Å². The van der Waals surface area contributed by atoms with Gasteiger partial charge < -0.3 is 13.7 Å². The van der Waals surface area contributed by atoms with E-state index in [9.17, 15) is 0 Å². The summed E-state index contributed by atoms with van der Waals surface area (Å²) in [6, 6.07) is 67.2. The predicted molar refractivity (Wildman–Crippen MR) is 324 cm³/mol. The molecule has 0 atom stereocenters. The highest BCUT2D eigenvalue weighted by Gasteiger charge is 2.46. The van der Waals surface area contributed by atoms with Crippen molar-refractivity contribution < 1.29 is 8.83 Å². The zero-order valence-corrected chi connectivity index (χ0v) is 46.0. The second-order valence-electron chi connectivity index (χ2n) is 26.0. The zero-order chi connectivity index (χ0) is 52.9. The lowest BCUT2D eigenvalue weighted by Gasteiger charge is -2.31. The quantitative estimate of drug-likeness (QED) is 0.177. The van der Waals surface area contributed by atoms with E-state index in [4.69, 9.17) is 8.83 Å². The molecule has 2 heterocycles. The van der Waals surface area contributed by atoms with Crippen molar-refractivity contribution >= 4 is 60.9 Å². The van der Waals surface area contributed by atoms with Gasteiger partial charge >= 0.3 is 0 Å². The number of hydrogen-bond acceptors (Lipinski definition) is 3. The van der Waals surface area contributed by atoms with E-state index in [-0.39, 0.29) is 27.1 Å². The predicted octanol–water partition coefficient (Wildman–Crippen LogP) is 20.5. The molecule has 0 unspecified atom stereocenters. The van der Waals surface area contributed by atoms with Gasteiger partial charge in [0.2, 0.25) is 0 Å². The van der Waals surface area contributed by atoms with Crippen molar-refractivity contribution in [3.05, 3.63) is 232 Å².